The summed E-state index contributed by atoms with van der Waals surface area (Å²) in [5, 5.41) is 0. The molecule has 0 bridgehead atoms. The number of nitrogens with two attached hydrogens (primary N) is 1. The Bertz CT molecular complexity index is 201. The van der Waals surface area contributed by atoms with E-state index in [4.69, 9.17) is 5.73 Å². The molecule has 2 heteroatoms. The van der Waals surface area contributed by atoms with Crippen molar-refractivity contribution in [3.63, 3.8) is 0 Å². The van der Waals surface area contributed by atoms with Gasteiger partial charge in [0.2, 0.25) is 0 Å². The van der Waals surface area contributed by atoms with Crippen molar-refractivity contribution < 1.29 is 0 Å². The van der Waals surface area contributed by atoms with Gasteiger partial charge in [-0.05, 0) is 44.7 Å². The summed E-state index contributed by atoms with van der Waals surface area (Å²) in [5.41, 5.74) is 6.13. The van der Waals surface area contributed by atoms with Crippen molar-refractivity contribution in [1.29, 1.82) is 0 Å². The average Bonchev–Trinajstić information content (AvgIpc) is 2.61. The summed E-state index contributed by atoms with van der Waals surface area (Å²) in [4.78, 5) is 2.75. The summed E-state index contributed by atoms with van der Waals surface area (Å²) in [6.07, 6.45) is 15.7. The van der Waals surface area contributed by atoms with Crippen LogP contribution in [0.4, 0.5) is 0 Å². The van der Waals surface area contributed by atoms with E-state index in [9.17, 15) is 0 Å². The van der Waals surface area contributed by atoms with Crippen LogP contribution in [-0.4, -0.2) is 30.6 Å². The molecule has 0 radical (unpaired) electrons. The predicted octanol–water partition coefficient (Wildman–Crippen LogP) is 3.55. The minimum absolute atomic E-state index is 0.682. The Morgan fingerprint density at radius 3 is 1.83 bits per heavy atom. The van der Waals surface area contributed by atoms with Gasteiger partial charge in [-0.15, -0.1) is 0 Å². The zero-order chi connectivity index (χ0) is 12.6. The molecule has 1 heterocycles. The van der Waals surface area contributed by atoms with Crippen molar-refractivity contribution in [2.45, 2.75) is 76.7 Å². The number of likely N-dealkylation sites (tertiary alicyclic amines) is 1. The number of hydrogen-bond acceptors (Lipinski definition) is 2. The first-order valence-corrected chi connectivity index (χ1v) is 8.36. The molecule has 2 fully saturated rings. The first-order chi connectivity index (χ1) is 8.92. The van der Waals surface area contributed by atoms with Crippen LogP contribution in [0.15, 0.2) is 0 Å². The van der Waals surface area contributed by atoms with Crippen LogP contribution < -0.4 is 5.73 Å². The van der Waals surface area contributed by atoms with Gasteiger partial charge in [-0.25, -0.2) is 0 Å². The van der Waals surface area contributed by atoms with Crippen molar-refractivity contribution in [3.8, 4) is 0 Å². The van der Waals surface area contributed by atoms with Crippen LogP contribution in [0.25, 0.3) is 0 Å². The maximum absolute atomic E-state index is 6.13. The Labute approximate surface area is 113 Å². The highest BCUT2D eigenvalue weighted by molar-refractivity contribution is 4.82. The van der Waals surface area contributed by atoms with E-state index in [1.807, 2.05) is 0 Å². The van der Waals surface area contributed by atoms with Crippen molar-refractivity contribution >= 4 is 0 Å². The van der Waals surface area contributed by atoms with Gasteiger partial charge in [-0.2, -0.15) is 0 Å². The molecule has 0 spiro atoms. The van der Waals surface area contributed by atoms with E-state index in [1.54, 1.807) is 0 Å². The third-order valence-electron chi connectivity index (χ3n) is 5.05. The van der Waals surface area contributed by atoms with Crippen molar-refractivity contribution in [2.75, 3.05) is 19.6 Å². The minimum atomic E-state index is 0.682. The largest absolute Gasteiger partial charge is 0.329 e. The lowest BCUT2D eigenvalue weighted by atomic mass is 9.90. The second-order valence-electron chi connectivity index (χ2n) is 6.36. The maximum atomic E-state index is 6.13. The molecule has 0 aromatic carbocycles. The lowest BCUT2D eigenvalue weighted by Crippen LogP contribution is -2.46. The summed E-state index contributed by atoms with van der Waals surface area (Å²) < 4.78 is 0. The number of nitrogens with zero attached hydrogens (tertiary/aromatic N) is 1. The van der Waals surface area contributed by atoms with Crippen LogP contribution in [0.3, 0.4) is 0 Å². The highest BCUT2D eigenvalue weighted by Crippen LogP contribution is 2.28. The van der Waals surface area contributed by atoms with E-state index in [0.717, 1.165) is 12.5 Å². The van der Waals surface area contributed by atoms with Gasteiger partial charge in [0, 0.05) is 12.6 Å². The van der Waals surface area contributed by atoms with Gasteiger partial charge in [-0.3, -0.25) is 4.90 Å². The second kappa shape index (κ2) is 8.16. The topological polar surface area (TPSA) is 29.3 Å². The molecule has 1 saturated carbocycles. The fraction of sp³-hybridized carbons (Fsp3) is 1.00. The third-order valence-corrected chi connectivity index (χ3v) is 5.05. The Kier molecular flexibility index (Phi) is 6.50. The molecule has 1 aliphatic heterocycles. The summed E-state index contributed by atoms with van der Waals surface area (Å²) in [7, 11) is 0. The van der Waals surface area contributed by atoms with Crippen LogP contribution in [0.1, 0.15) is 70.6 Å². The van der Waals surface area contributed by atoms with Crippen LogP contribution in [0.5, 0.6) is 0 Å². The SMILES string of the molecule is NCC(C1CCCCCC1)N1CCCCCCC1. The van der Waals surface area contributed by atoms with Gasteiger partial charge in [-0.1, -0.05) is 44.9 Å². The normalized spacial score (nSPS) is 27.2. The fourth-order valence-electron chi connectivity index (χ4n) is 3.94. The fourth-order valence-corrected chi connectivity index (χ4v) is 3.94. The molecular weight excluding hydrogens is 220 g/mol. The van der Waals surface area contributed by atoms with Gasteiger partial charge >= 0.3 is 0 Å². The van der Waals surface area contributed by atoms with Gasteiger partial charge in [0.1, 0.15) is 0 Å². The van der Waals surface area contributed by atoms with E-state index >= 15 is 0 Å². The average molecular weight is 252 g/mol. The lowest BCUT2D eigenvalue weighted by Gasteiger charge is -2.37. The highest BCUT2D eigenvalue weighted by atomic mass is 15.2. The highest BCUT2D eigenvalue weighted by Gasteiger charge is 2.26. The molecule has 2 rings (SSSR count). The molecule has 18 heavy (non-hydrogen) atoms. The lowest BCUT2D eigenvalue weighted by molar-refractivity contribution is 0.125. The zero-order valence-electron chi connectivity index (χ0n) is 12.1. The zero-order valence-corrected chi connectivity index (χ0v) is 12.1. The minimum Gasteiger partial charge on any atom is -0.329 e. The molecule has 2 aliphatic rings. The molecule has 0 amide bonds. The monoisotopic (exact) mass is 252 g/mol. The predicted molar refractivity (Wildman–Crippen MR) is 78.7 cm³/mol. The van der Waals surface area contributed by atoms with E-state index in [1.165, 1.54) is 83.7 Å². The van der Waals surface area contributed by atoms with Crippen molar-refractivity contribution in [3.05, 3.63) is 0 Å². The Hall–Kier alpha value is -0.0800. The van der Waals surface area contributed by atoms with Crippen molar-refractivity contribution in [1.82, 2.24) is 4.90 Å². The third kappa shape index (κ3) is 4.24. The van der Waals surface area contributed by atoms with Crippen LogP contribution in [0.2, 0.25) is 0 Å². The molecule has 1 saturated heterocycles. The summed E-state index contributed by atoms with van der Waals surface area (Å²) in [6, 6.07) is 0.682. The smallest absolute Gasteiger partial charge is 0.0246 e. The summed E-state index contributed by atoms with van der Waals surface area (Å²) >= 11 is 0. The van der Waals surface area contributed by atoms with E-state index in [2.05, 4.69) is 4.90 Å². The maximum Gasteiger partial charge on any atom is 0.0246 e. The molecule has 1 unspecified atom stereocenters. The van der Waals surface area contributed by atoms with Crippen molar-refractivity contribution in [2.24, 2.45) is 11.7 Å². The first-order valence-electron chi connectivity index (χ1n) is 8.36. The molecule has 0 aromatic heterocycles. The van der Waals surface area contributed by atoms with Gasteiger partial charge < -0.3 is 5.73 Å². The molecule has 2 nitrogen and oxygen atoms in total. The van der Waals surface area contributed by atoms with E-state index < -0.39 is 0 Å². The molecule has 2 N–H and O–H groups in total. The van der Waals surface area contributed by atoms with Gasteiger partial charge in [0.05, 0.1) is 0 Å². The van der Waals surface area contributed by atoms with Gasteiger partial charge in [0.15, 0.2) is 0 Å². The molecule has 106 valence electrons. The van der Waals surface area contributed by atoms with E-state index in [0.29, 0.717) is 6.04 Å². The van der Waals surface area contributed by atoms with Gasteiger partial charge in [0.25, 0.3) is 0 Å². The standard InChI is InChI=1S/C16H32N2/c17-14-16(15-10-6-2-3-7-11-15)18-12-8-4-1-5-9-13-18/h15-16H,1-14,17H2. The molecule has 0 aromatic rings. The second-order valence-corrected chi connectivity index (χ2v) is 6.36. The molecular formula is C16H32N2. The number of rotatable bonds is 3. The van der Waals surface area contributed by atoms with Crippen LogP contribution >= 0.6 is 0 Å². The number of hydrogen-bond donors (Lipinski definition) is 1. The Morgan fingerprint density at radius 2 is 1.28 bits per heavy atom. The molecule has 1 aliphatic carbocycles. The Balaban J connectivity index is 1.91. The van der Waals surface area contributed by atoms with Crippen LogP contribution in [-0.2, 0) is 0 Å². The quantitative estimate of drug-likeness (QED) is 0.778. The first kappa shape index (κ1) is 14.3. The molecule has 1 atom stereocenters. The van der Waals surface area contributed by atoms with Crippen LogP contribution in [0, 0.1) is 5.92 Å². The summed E-state index contributed by atoms with van der Waals surface area (Å²) in [5.74, 6) is 0.886. The van der Waals surface area contributed by atoms with E-state index in [-0.39, 0.29) is 0 Å². The summed E-state index contributed by atoms with van der Waals surface area (Å²) in [6.45, 7) is 3.49. The Morgan fingerprint density at radius 1 is 0.778 bits per heavy atom.